The maximum atomic E-state index is 10.6. The molecule has 0 aliphatic rings. The number of carbonyl (C=O) groups excluding carboxylic acids is 1. The van der Waals surface area contributed by atoms with Gasteiger partial charge in [0.2, 0.25) is 6.41 Å². The van der Waals surface area contributed by atoms with Gasteiger partial charge in [0.1, 0.15) is 11.4 Å². The lowest BCUT2D eigenvalue weighted by Crippen LogP contribution is -2.46. The van der Waals surface area contributed by atoms with Crippen molar-refractivity contribution in [3.8, 4) is 5.75 Å². The third-order valence-electron chi connectivity index (χ3n) is 2.85. The monoisotopic (exact) mass is 264 g/mol. The molecular formula is C15H24N2O2. The normalized spacial score (nSPS) is 11.8. The molecule has 0 aliphatic carbocycles. The smallest absolute Gasteiger partial charge is 0.207 e. The summed E-state index contributed by atoms with van der Waals surface area (Å²) < 4.78 is 6.00. The Morgan fingerprint density at radius 1 is 1.16 bits per heavy atom. The zero-order valence-corrected chi connectivity index (χ0v) is 12.4. The van der Waals surface area contributed by atoms with E-state index in [1.54, 1.807) is 0 Å². The van der Waals surface area contributed by atoms with Gasteiger partial charge in [-0.05, 0) is 52.0 Å². The lowest BCUT2D eigenvalue weighted by molar-refractivity contribution is -0.111. The average molecular weight is 264 g/mol. The Kier molecular flexibility index (Phi) is 4.81. The average Bonchev–Trinajstić information content (AvgIpc) is 2.27. The molecule has 0 aromatic heterocycles. The fourth-order valence-corrected chi connectivity index (χ4v) is 2.32. The lowest BCUT2D eigenvalue weighted by Gasteiger charge is -2.35. The van der Waals surface area contributed by atoms with Gasteiger partial charge in [-0.3, -0.25) is 4.79 Å². The number of hydrogen-bond donors (Lipinski definition) is 2. The molecule has 1 aromatic carbocycles. The highest BCUT2D eigenvalue weighted by Crippen LogP contribution is 2.26. The highest BCUT2D eigenvalue weighted by Gasteiger charge is 2.30. The fraction of sp³-hybridized carbons (Fsp3) is 0.533. The van der Waals surface area contributed by atoms with Gasteiger partial charge in [0, 0.05) is 24.7 Å². The molecule has 0 unspecified atom stereocenters. The van der Waals surface area contributed by atoms with E-state index in [4.69, 9.17) is 4.74 Å². The second-order valence-electron chi connectivity index (χ2n) is 5.96. The maximum absolute atomic E-state index is 10.6. The van der Waals surface area contributed by atoms with Crippen LogP contribution >= 0.6 is 0 Å². The number of anilines is 1. The summed E-state index contributed by atoms with van der Waals surface area (Å²) in [6, 6.07) is 7.82. The van der Waals surface area contributed by atoms with E-state index in [1.807, 2.05) is 59.0 Å². The first kappa shape index (κ1) is 15.3. The predicted molar refractivity (Wildman–Crippen MR) is 78.6 cm³/mol. The number of carbonyl (C=O) groups is 1. The van der Waals surface area contributed by atoms with Crippen LogP contribution in [0.2, 0.25) is 0 Å². The van der Waals surface area contributed by atoms with Crippen LogP contribution in [0.1, 0.15) is 34.1 Å². The summed E-state index contributed by atoms with van der Waals surface area (Å²) in [6.07, 6.45) is 1.45. The zero-order valence-electron chi connectivity index (χ0n) is 12.4. The molecule has 0 atom stereocenters. The van der Waals surface area contributed by atoms with Crippen LogP contribution in [0.5, 0.6) is 5.75 Å². The summed E-state index contributed by atoms with van der Waals surface area (Å²) in [7, 11) is 1.88. The van der Waals surface area contributed by atoms with Gasteiger partial charge in [-0.15, -0.1) is 0 Å². The second-order valence-corrected chi connectivity index (χ2v) is 5.96. The largest absolute Gasteiger partial charge is 0.488 e. The quantitative estimate of drug-likeness (QED) is 0.745. The zero-order chi connectivity index (χ0) is 14.5. The van der Waals surface area contributed by atoms with Crippen LogP contribution < -0.4 is 15.4 Å². The minimum atomic E-state index is -0.360. The summed E-state index contributed by atoms with van der Waals surface area (Å²) in [5.74, 6) is 0.825. The van der Waals surface area contributed by atoms with Crippen molar-refractivity contribution in [3.63, 3.8) is 0 Å². The van der Waals surface area contributed by atoms with Crippen LogP contribution in [0.4, 0.5) is 5.69 Å². The van der Waals surface area contributed by atoms with E-state index in [0.29, 0.717) is 6.42 Å². The maximum Gasteiger partial charge on any atom is 0.207 e. The molecule has 4 nitrogen and oxygen atoms in total. The Morgan fingerprint density at radius 2 is 1.74 bits per heavy atom. The van der Waals surface area contributed by atoms with Crippen molar-refractivity contribution in [2.75, 3.05) is 12.4 Å². The number of rotatable bonds is 7. The van der Waals surface area contributed by atoms with Crippen LogP contribution in [0.3, 0.4) is 0 Å². The van der Waals surface area contributed by atoms with Crippen molar-refractivity contribution in [2.45, 2.75) is 45.3 Å². The molecule has 4 heteroatoms. The highest BCUT2D eigenvalue weighted by atomic mass is 16.5. The number of nitrogens with one attached hydrogen (secondary N) is 2. The van der Waals surface area contributed by atoms with E-state index >= 15 is 0 Å². The lowest BCUT2D eigenvalue weighted by atomic mass is 9.89. The van der Waals surface area contributed by atoms with E-state index in [1.165, 1.54) is 0 Å². The molecule has 0 saturated carbocycles. The Hall–Kier alpha value is -1.71. The topological polar surface area (TPSA) is 50.4 Å². The standard InChI is InChI=1S/C15H24N2O2/c1-14(2,17-11-18)10-15(3,4)19-13-8-6-12(16-5)7-9-13/h6-9,11,16H,10H2,1-5H3,(H,17,18). The van der Waals surface area contributed by atoms with Crippen molar-refractivity contribution in [1.82, 2.24) is 5.32 Å². The van der Waals surface area contributed by atoms with E-state index in [2.05, 4.69) is 10.6 Å². The van der Waals surface area contributed by atoms with Gasteiger partial charge in [-0.2, -0.15) is 0 Å². The van der Waals surface area contributed by atoms with Gasteiger partial charge in [-0.25, -0.2) is 0 Å². The van der Waals surface area contributed by atoms with E-state index in [-0.39, 0.29) is 11.1 Å². The van der Waals surface area contributed by atoms with Crippen LogP contribution in [-0.4, -0.2) is 24.6 Å². The third-order valence-corrected chi connectivity index (χ3v) is 2.85. The molecule has 0 aliphatic heterocycles. The van der Waals surface area contributed by atoms with Crippen molar-refractivity contribution in [2.24, 2.45) is 0 Å². The van der Waals surface area contributed by atoms with Gasteiger partial charge in [0.25, 0.3) is 0 Å². The SMILES string of the molecule is CNc1ccc(OC(C)(C)CC(C)(C)NC=O)cc1. The molecule has 19 heavy (non-hydrogen) atoms. The van der Waals surface area contributed by atoms with Gasteiger partial charge >= 0.3 is 0 Å². The molecule has 0 saturated heterocycles. The molecule has 106 valence electrons. The Bertz CT molecular complexity index is 411. The third kappa shape index (κ3) is 5.20. The Morgan fingerprint density at radius 3 is 2.21 bits per heavy atom. The first-order valence-corrected chi connectivity index (χ1v) is 6.46. The molecule has 2 N–H and O–H groups in total. The van der Waals surface area contributed by atoms with Crippen LogP contribution in [0.15, 0.2) is 24.3 Å². The minimum Gasteiger partial charge on any atom is -0.488 e. The summed E-state index contributed by atoms with van der Waals surface area (Å²) in [6.45, 7) is 8.01. The molecule has 1 aromatic rings. The second kappa shape index (κ2) is 5.95. The summed E-state index contributed by atoms with van der Waals surface area (Å²) >= 11 is 0. The number of hydrogen-bond acceptors (Lipinski definition) is 3. The molecule has 1 amide bonds. The van der Waals surface area contributed by atoms with Gasteiger partial charge in [0.15, 0.2) is 0 Å². The molecule has 0 heterocycles. The van der Waals surface area contributed by atoms with Crippen molar-refractivity contribution >= 4 is 12.1 Å². The Balaban J connectivity index is 2.69. The Labute approximate surface area is 115 Å². The van der Waals surface area contributed by atoms with Gasteiger partial charge in [-0.1, -0.05) is 0 Å². The predicted octanol–water partition coefficient (Wildman–Crippen LogP) is 2.80. The van der Waals surface area contributed by atoms with Crippen LogP contribution in [0.25, 0.3) is 0 Å². The number of amides is 1. The molecule has 1 rings (SSSR count). The number of benzene rings is 1. The van der Waals surface area contributed by atoms with E-state index in [9.17, 15) is 4.79 Å². The molecular weight excluding hydrogens is 240 g/mol. The first-order chi connectivity index (χ1) is 8.78. The van der Waals surface area contributed by atoms with Crippen molar-refractivity contribution in [3.05, 3.63) is 24.3 Å². The summed E-state index contributed by atoms with van der Waals surface area (Å²) in [4.78, 5) is 10.6. The number of ether oxygens (including phenoxy) is 1. The summed E-state index contributed by atoms with van der Waals surface area (Å²) in [5.41, 5.74) is 0.393. The molecule has 0 spiro atoms. The fourth-order valence-electron chi connectivity index (χ4n) is 2.32. The molecule has 0 bridgehead atoms. The van der Waals surface area contributed by atoms with Crippen LogP contribution in [-0.2, 0) is 4.79 Å². The highest BCUT2D eigenvalue weighted by molar-refractivity contribution is 5.47. The van der Waals surface area contributed by atoms with Crippen molar-refractivity contribution in [1.29, 1.82) is 0 Å². The van der Waals surface area contributed by atoms with E-state index in [0.717, 1.165) is 17.8 Å². The van der Waals surface area contributed by atoms with Gasteiger partial charge < -0.3 is 15.4 Å². The molecule has 0 fully saturated rings. The van der Waals surface area contributed by atoms with E-state index < -0.39 is 0 Å². The van der Waals surface area contributed by atoms with Gasteiger partial charge in [0.05, 0.1) is 0 Å². The van der Waals surface area contributed by atoms with Crippen molar-refractivity contribution < 1.29 is 9.53 Å². The summed E-state index contributed by atoms with van der Waals surface area (Å²) in [5, 5.41) is 5.88. The minimum absolute atomic E-state index is 0.295. The van der Waals surface area contributed by atoms with Crippen LogP contribution in [0, 0.1) is 0 Å². The molecule has 0 radical (unpaired) electrons. The first-order valence-electron chi connectivity index (χ1n) is 6.46.